The molecule has 1 aromatic carbocycles. The Morgan fingerprint density at radius 1 is 1.37 bits per heavy atom. The number of nitrogens with one attached hydrogen (secondary N) is 1. The predicted octanol–water partition coefficient (Wildman–Crippen LogP) is 3.94. The molecule has 0 saturated heterocycles. The highest BCUT2D eigenvalue weighted by atomic mass is 35.5. The quantitative estimate of drug-likeness (QED) is 0.815. The Morgan fingerprint density at radius 2 is 2.05 bits per heavy atom. The van der Waals surface area contributed by atoms with Gasteiger partial charge in [-0.1, -0.05) is 30.7 Å². The van der Waals surface area contributed by atoms with Crippen LogP contribution in [0.5, 0.6) is 0 Å². The van der Waals surface area contributed by atoms with E-state index in [1.807, 2.05) is 18.2 Å². The SMILES string of the molecule is CCC(C)(C)NCC(C)N(C)Cc1cccc(Cl)c1. The number of likely N-dealkylation sites (N-methyl/N-ethyl adjacent to an activating group) is 1. The van der Waals surface area contributed by atoms with Crippen LogP contribution in [0.15, 0.2) is 24.3 Å². The zero-order valence-corrected chi connectivity index (χ0v) is 13.6. The minimum atomic E-state index is 0.213. The summed E-state index contributed by atoms with van der Waals surface area (Å²) >= 11 is 6.02. The lowest BCUT2D eigenvalue weighted by Gasteiger charge is -2.31. The second-order valence-electron chi connectivity index (χ2n) is 6.01. The summed E-state index contributed by atoms with van der Waals surface area (Å²) < 4.78 is 0. The van der Waals surface area contributed by atoms with E-state index in [0.717, 1.165) is 24.5 Å². The van der Waals surface area contributed by atoms with Crippen molar-refractivity contribution in [2.24, 2.45) is 0 Å². The van der Waals surface area contributed by atoms with Crippen LogP contribution < -0.4 is 5.32 Å². The number of benzene rings is 1. The van der Waals surface area contributed by atoms with Crippen LogP contribution in [-0.4, -0.2) is 30.1 Å². The van der Waals surface area contributed by atoms with Crippen molar-refractivity contribution in [3.05, 3.63) is 34.9 Å². The van der Waals surface area contributed by atoms with Crippen LogP contribution in [0, 0.1) is 0 Å². The van der Waals surface area contributed by atoms with Crippen molar-refractivity contribution >= 4 is 11.6 Å². The van der Waals surface area contributed by atoms with E-state index in [1.165, 1.54) is 5.56 Å². The first-order chi connectivity index (χ1) is 8.84. The smallest absolute Gasteiger partial charge is 0.0409 e. The summed E-state index contributed by atoms with van der Waals surface area (Å²) in [6, 6.07) is 8.58. The van der Waals surface area contributed by atoms with Crippen molar-refractivity contribution in [2.45, 2.75) is 52.2 Å². The molecular weight excluding hydrogens is 256 g/mol. The number of hydrogen-bond donors (Lipinski definition) is 1. The fourth-order valence-electron chi connectivity index (χ4n) is 1.78. The monoisotopic (exact) mass is 282 g/mol. The molecule has 108 valence electrons. The Labute approximate surface area is 123 Å². The Balaban J connectivity index is 2.47. The topological polar surface area (TPSA) is 15.3 Å². The predicted molar refractivity (Wildman–Crippen MR) is 84.8 cm³/mol. The highest BCUT2D eigenvalue weighted by Gasteiger charge is 2.17. The normalized spacial score (nSPS) is 13.8. The average Bonchev–Trinajstić information content (AvgIpc) is 2.36. The highest BCUT2D eigenvalue weighted by molar-refractivity contribution is 6.30. The number of rotatable bonds is 7. The summed E-state index contributed by atoms with van der Waals surface area (Å²) in [7, 11) is 2.16. The van der Waals surface area contributed by atoms with Crippen LogP contribution in [0.2, 0.25) is 5.02 Å². The van der Waals surface area contributed by atoms with Crippen LogP contribution >= 0.6 is 11.6 Å². The number of hydrogen-bond acceptors (Lipinski definition) is 2. The number of halogens is 1. The Kier molecular flexibility index (Phi) is 6.31. The molecule has 1 atom stereocenters. The summed E-state index contributed by atoms with van der Waals surface area (Å²) in [5.74, 6) is 0. The van der Waals surface area contributed by atoms with Crippen molar-refractivity contribution < 1.29 is 0 Å². The van der Waals surface area contributed by atoms with Gasteiger partial charge in [0.25, 0.3) is 0 Å². The Morgan fingerprint density at radius 3 is 2.63 bits per heavy atom. The molecule has 1 N–H and O–H groups in total. The lowest BCUT2D eigenvalue weighted by Crippen LogP contribution is -2.46. The molecule has 0 aliphatic carbocycles. The molecule has 3 heteroatoms. The van der Waals surface area contributed by atoms with Gasteiger partial charge in [0.05, 0.1) is 0 Å². The maximum Gasteiger partial charge on any atom is 0.0409 e. The van der Waals surface area contributed by atoms with Crippen LogP contribution in [-0.2, 0) is 6.54 Å². The summed E-state index contributed by atoms with van der Waals surface area (Å²) in [6.07, 6.45) is 1.14. The molecule has 19 heavy (non-hydrogen) atoms. The van der Waals surface area contributed by atoms with Gasteiger partial charge >= 0.3 is 0 Å². The average molecular weight is 283 g/mol. The van der Waals surface area contributed by atoms with Crippen molar-refractivity contribution in [1.82, 2.24) is 10.2 Å². The molecule has 0 saturated carbocycles. The Hall–Kier alpha value is -0.570. The van der Waals surface area contributed by atoms with E-state index >= 15 is 0 Å². The van der Waals surface area contributed by atoms with Crippen molar-refractivity contribution in [3.8, 4) is 0 Å². The Bertz CT molecular complexity index is 390. The van der Waals surface area contributed by atoms with Gasteiger partial charge in [-0.2, -0.15) is 0 Å². The second kappa shape index (κ2) is 7.28. The van der Waals surface area contributed by atoms with E-state index in [9.17, 15) is 0 Å². The van der Waals surface area contributed by atoms with E-state index in [2.05, 4.69) is 51.0 Å². The third-order valence-electron chi connectivity index (χ3n) is 3.83. The second-order valence-corrected chi connectivity index (χ2v) is 6.45. The fourth-order valence-corrected chi connectivity index (χ4v) is 2.00. The van der Waals surface area contributed by atoms with Gasteiger partial charge in [0.15, 0.2) is 0 Å². The standard InChI is InChI=1S/C16H27ClN2/c1-6-16(3,4)18-11-13(2)19(5)12-14-8-7-9-15(17)10-14/h7-10,13,18H,6,11-12H2,1-5H3. The fraction of sp³-hybridized carbons (Fsp3) is 0.625. The first kappa shape index (κ1) is 16.5. The van der Waals surface area contributed by atoms with E-state index in [-0.39, 0.29) is 5.54 Å². The minimum Gasteiger partial charge on any atom is -0.310 e. The zero-order chi connectivity index (χ0) is 14.5. The van der Waals surface area contributed by atoms with Gasteiger partial charge in [-0.15, -0.1) is 0 Å². The van der Waals surface area contributed by atoms with Crippen molar-refractivity contribution in [2.75, 3.05) is 13.6 Å². The highest BCUT2D eigenvalue weighted by Crippen LogP contribution is 2.13. The van der Waals surface area contributed by atoms with Crippen molar-refractivity contribution in [1.29, 1.82) is 0 Å². The van der Waals surface area contributed by atoms with Gasteiger partial charge in [-0.05, 0) is 51.9 Å². The van der Waals surface area contributed by atoms with Gasteiger partial charge in [-0.25, -0.2) is 0 Å². The lowest BCUT2D eigenvalue weighted by molar-refractivity contribution is 0.223. The molecule has 0 radical (unpaired) electrons. The van der Waals surface area contributed by atoms with Gasteiger partial charge in [-0.3, -0.25) is 4.90 Å². The van der Waals surface area contributed by atoms with Crippen LogP contribution in [0.3, 0.4) is 0 Å². The molecule has 0 spiro atoms. The lowest BCUT2D eigenvalue weighted by atomic mass is 10.0. The molecule has 1 unspecified atom stereocenters. The van der Waals surface area contributed by atoms with Crippen LogP contribution in [0.25, 0.3) is 0 Å². The van der Waals surface area contributed by atoms with Gasteiger partial charge in [0.2, 0.25) is 0 Å². The van der Waals surface area contributed by atoms with E-state index < -0.39 is 0 Å². The molecule has 0 aliphatic rings. The van der Waals surface area contributed by atoms with E-state index in [4.69, 9.17) is 11.6 Å². The van der Waals surface area contributed by atoms with E-state index in [0.29, 0.717) is 6.04 Å². The largest absolute Gasteiger partial charge is 0.310 e. The summed E-state index contributed by atoms with van der Waals surface area (Å²) in [6.45, 7) is 10.9. The molecule has 0 amide bonds. The van der Waals surface area contributed by atoms with Gasteiger partial charge in [0, 0.05) is 29.7 Å². The van der Waals surface area contributed by atoms with Gasteiger partial charge < -0.3 is 5.32 Å². The van der Waals surface area contributed by atoms with Crippen molar-refractivity contribution in [3.63, 3.8) is 0 Å². The first-order valence-corrected chi connectivity index (χ1v) is 7.41. The summed E-state index contributed by atoms with van der Waals surface area (Å²) in [5.41, 5.74) is 1.47. The molecule has 0 aliphatic heterocycles. The zero-order valence-electron chi connectivity index (χ0n) is 12.8. The molecular formula is C16H27ClN2. The van der Waals surface area contributed by atoms with Gasteiger partial charge in [0.1, 0.15) is 0 Å². The molecule has 1 rings (SSSR count). The summed E-state index contributed by atoms with van der Waals surface area (Å²) in [4.78, 5) is 2.35. The molecule has 0 heterocycles. The third-order valence-corrected chi connectivity index (χ3v) is 4.07. The first-order valence-electron chi connectivity index (χ1n) is 7.04. The van der Waals surface area contributed by atoms with Crippen LogP contribution in [0.1, 0.15) is 39.7 Å². The molecule has 1 aromatic rings. The molecule has 0 bridgehead atoms. The maximum atomic E-state index is 6.02. The van der Waals surface area contributed by atoms with Crippen LogP contribution in [0.4, 0.5) is 0 Å². The molecule has 0 aromatic heterocycles. The minimum absolute atomic E-state index is 0.213. The number of nitrogens with zero attached hydrogens (tertiary/aromatic N) is 1. The summed E-state index contributed by atoms with van der Waals surface area (Å²) in [5, 5.41) is 4.43. The third kappa shape index (κ3) is 5.94. The van der Waals surface area contributed by atoms with E-state index in [1.54, 1.807) is 0 Å². The molecule has 2 nitrogen and oxygen atoms in total. The molecule has 0 fully saturated rings. The maximum absolute atomic E-state index is 6.02.